The zero-order chi connectivity index (χ0) is 21.7. The quantitative estimate of drug-likeness (QED) is 0.683. The Bertz CT molecular complexity index is 1160. The summed E-state index contributed by atoms with van der Waals surface area (Å²) in [6.45, 7) is 2.04. The number of nitrogens with one attached hydrogen (secondary N) is 1. The molecule has 7 nitrogen and oxygen atoms in total. The number of ether oxygens (including phenoxy) is 1. The standard InChI is InChI=1S/C25H27N5O2/c1-29-12-8-19(9-13-29)32-21-15-17(14-20-22(21)28-24(31)25(20)10-5-11-25)23-26-16-27-30(23)18-6-3-2-4-7-18/h2-4,6-7,14-16,19H,5,8-13H2,1H3,(H,28,31). The molecule has 1 amide bonds. The molecule has 2 fully saturated rings. The van der Waals surface area contributed by atoms with Crippen LogP contribution in [0, 0.1) is 0 Å². The molecule has 3 heterocycles. The zero-order valence-corrected chi connectivity index (χ0v) is 18.3. The smallest absolute Gasteiger partial charge is 0.235 e. The van der Waals surface area contributed by atoms with Crippen molar-refractivity contribution < 1.29 is 9.53 Å². The number of piperidine rings is 1. The van der Waals surface area contributed by atoms with Gasteiger partial charge < -0.3 is 15.0 Å². The summed E-state index contributed by atoms with van der Waals surface area (Å²) in [5.74, 6) is 1.61. The van der Waals surface area contributed by atoms with E-state index in [4.69, 9.17) is 4.74 Å². The summed E-state index contributed by atoms with van der Waals surface area (Å²) in [6, 6.07) is 14.1. The molecule has 3 aromatic rings. The molecule has 0 unspecified atom stereocenters. The van der Waals surface area contributed by atoms with Crippen molar-refractivity contribution >= 4 is 11.6 Å². The predicted molar refractivity (Wildman–Crippen MR) is 122 cm³/mol. The number of hydrogen-bond acceptors (Lipinski definition) is 5. The molecular weight excluding hydrogens is 402 g/mol. The largest absolute Gasteiger partial charge is 0.488 e. The fourth-order valence-corrected chi connectivity index (χ4v) is 5.20. The SMILES string of the molecule is CN1CCC(Oc2cc(-c3ncnn3-c3ccccc3)cc3c2NC(=O)C32CCC2)CC1. The molecule has 1 N–H and O–H groups in total. The highest BCUT2D eigenvalue weighted by molar-refractivity contribution is 6.08. The Hall–Kier alpha value is -3.19. The van der Waals surface area contributed by atoms with Crippen LogP contribution >= 0.6 is 0 Å². The predicted octanol–water partition coefficient (Wildman–Crippen LogP) is 3.78. The van der Waals surface area contributed by atoms with Gasteiger partial charge in [-0.2, -0.15) is 5.10 Å². The third kappa shape index (κ3) is 3.03. The maximum absolute atomic E-state index is 13.0. The minimum absolute atomic E-state index is 0.105. The second kappa shape index (κ2) is 7.45. The third-order valence-corrected chi connectivity index (χ3v) is 7.26. The molecule has 1 aliphatic carbocycles. The van der Waals surface area contributed by atoms with Crippen molar-refractivity contribution in [2.75, 3.05) is 25.5 Å². The summed E-state index contributed by atoms with van der Waals surface area (Å²) in [7, 11) is 2.14. The number of aromatic nitrogens is 3. The van der Waals surface area contributed by atoms with Crippen LogP contribution in [0.1, 0.15) is 37.7 Å². The summed E-state index contributed by atoms with van der Waals surface area (Å²) in [5, 5.41) is 7.63. The molecule has 0 radical (unpaired) electrons. The van der Waals surface area contributed by atoms with Crippen molar-refractivity contribution in [3.05, 3.63) is 54.4 Å². The molecule has 1 spiro atoms. The number of carbonyl (C=O) groups is 1. The number of rotatable bonds is 4. The summed E-state index contributed by atoms with van der Waals surface area (Å²) < 4.78 is 8.39. The number of carbonyl (C=O) groups excluding carboxylic acids is 1. The molecule has 1 aromatic heterocycles. The Morgan fingerprint density at radius 3 is 2.62 bits per heavy atom. The van der Waals surface area contributed by atoms with Crippen LogP contribution in [-0.4, -0.2) is 51.8 Å². The average Bonchev–Trinajstić information content (AvgIpc) is 3.38. The topological polar surface area (TPSA) is 72.3 Å². The molecule has 0 atom stereocenters. The van der Waals surface area contributed by atoms with E-state index in [1.165, 1.54) is 0 Å². The van der Waals surface area contributed by atoms with Crippen LogP contribution < -0.4 is 10.1 Å². The van der Waals surface area contributed by atoms with Gasteiger partial charge >= 0.3 is 0 Å². The van der Waals surface area contributed by atoms with E-state index >= 15 is 0 Å². The first-order chi connectivity index (χ1) is 15.6. The van der Waals surface area contributed by atoms with Crippen LogP contribution in [0.4, 0.5) is 5.69 Å². The first-order valence-electron chi connectivity index (χ1n) is 11.4. The highest BCUT2D eigenvalue weighted by Crippen LogP contribution is 2.54. The van der Waals surface area contributed by atoms with Gasteiger partial charge in [-0.05, 0) is 62.6 Å². The molecular formula is C25H27N5O2. The third-order valence-electron chi connectivity index (χ3n) is 7.26. The van der Waals surface area contributed by atoms with Gasteiger partial charge in [0.15, 0.2) is 5.82 Å². The minimum Gasteiger partial charge on any atom is -0.488 e. The van der Waals surface area contributed by atoms with E-state index in [2.05, 4.69) is 33.4 Å². The second-order valence-electron chi connectivity index (χ2n) is 9.24. The highest BCUT2D eigenvalue weighted by atomic mass is 16.5. The van der Waals surface area contributed by atoms with Crippen molar-refractivity contribution in [1.82, 2.24) is 19.7 Å². The Labute approximate surface area is 187 Å². The van der Waals surface area contributed by atoms with E-state index in [-0.39, 0.29) is 12.0 Å². The van der Waals surface area contributed by atoms with Crippen molar-refractivity contribution in [3.8, 4) is 22.8 Å². The van der Waals surface area contributed by atoms with Gasteiger partial charge in [0.05, 0.1) is 16.8 Å². The van der Waals surface area contributed by atoms with E-state index in [0.29, 0.717) is 0 Å². The lowest BCUT2D eigenvalue weighted by Gasteiger charge is -2.36. The van der Waals surface area contributed by atoms with Crippen LogP contribution in [0.3, 0.4) is 0 Å². The normalized spacial score (nSPS) is 20.1. The maximum atomic E-state index is 13.0. The van der Waals surface area contributed by atoms with E-state index in [9.17, 15) is 4.79 Å². The van der Waals surface area contributed by atoms with Crippen LogP contribution in [0.2, 0.25) is 0 Å². The minimum atomic E-state index is -0.423. The fourth-order valence-electron chi connectivity index (χ4n) is 5.20. The van der Waals surface area contributed by atoms with Crippen LogP contribution in [0.25, 0.3) is 17.1 Å². The average molecular weight is 430 g/mol. The van der Waals surface area contributed by atoms with Gasteiger partial charge in [0.25, 0.3) is 0 Å². The number of benzene rings is 2. The molecule has 1 saturated carbocycles. The van der Waals surface area contributed by atoms with Gasteiger partial charge in [-0.3, -0.25) is 4.79 Å². The number of hydrogen-bond donors (Lipinski definition) is 1. The number of likely N-dealkylation sites (tertiary alicyclic amines) is 1. The zero-order valence-electron chi connectivity index (χ0n) is 18.3. The molecule has 32 heavy (non-hydrogen) atoms. The van der Waals surface area contributed by atoms with Crippen molar-refractivity contribution in [1.29, 1.82) is 0 Å². The molecule has 3 aliphatic rings. The van der Waals surface area contributed by atoms with Gasteiger partial charge in [0, 0.05) is 18.7 Å². The summed E-state index contributed by atoms with van der Waals surface area (Å²) in [6.07, 6.45) is 6.52. The van der Waals surface area contributed by atoms with Gasteiger partial charge in [-0.15, -0.1) is 0 Å². The molecule has 164 valence electrons. The van der Waals surface area contributed by atoms with Gasteiger partial charge in [-0.1, -0.05) is 24.6 Å². The van der Waals surface area contributed by atoms with Crippen molar-refractivity contribution in [2.24, 2.45) is 0 Å². The highest BCUT2D eigenvalue weighted by Gasteiger charge is 2.52. The lowest BCUT2D eigenvalue weighted by molar-refractivity contribution is -0.123. The van der Waals surface area contributed by atoms with Gasteiger partial charge in [-0.25, -0.2) is 9.67 Å². The second-order valence-corrected chi connectivity index (χ2v) is 9.24. The summed E-state index contributed by atoms with van der Waals surface area (Å²) in [4.78, 5) is 19.9. The van der Waals surface area contributed by atoms with Crippen LogP contribution in [-0.2, 0) is 10.2 Å². The van der Waals surface area contributed by atoms with E-state index in [1.54, 1.807) is 6.33 Å². The van der Waals surface area contributed by atoms with E-state index < -0.39 is 5.41 Å². The molecule has 1 saturated heterocycles. The van der Waals surface area contributed by atoms with Crippen LogP contribution in [0.15, 0.2) is 48.8 Å². The number of nitrogens with zero attached hydrogens (tertiary/aromatic N) is 4. The first-order valence-corrected chi connectivity index (χ1v) is 11.4. The molecule has 2 aliphatic heterocycles. The number of amides is 1. The van der Waals surface area contributed by atoms with E-state index in [0.717, 1.165) is 79.3 Å². The molecule has 6 rings (SSSR count). The summed E-state index contributed by atoms with van der Waals surface area (Å²) >= 11 is 0. The molecule has 7 heteroatoms. The van der Waals surface area contributed by atoms with Gasteiger partial charge in [0.2, 0.25) is 5.91 Å². The maximum Gasteiger partial charge on any atom is 0.235 e. The first kappa shape index (κ1) is 19.5. The van der Waals surface area contributed by atoms with Crippen molar-refractivity contribution in [3.63, 3.8) is 0 Å². The Morgan fingerprint density at radius 1 is 1.12 bits per heavy atom. The molecule has 2 aromatic carbocycles. The summed E-state index contributed by atoms with van der Waals surface area (Å²) in [5.41, 5.74) is 3.36. The Balaban J connectivity index is 1.45. The molecule has 0 bridgehead atoms. The monoisotopic (exact) mass is 429 g/mol. The van der Waals surface area contributed by atoms with E-state index in [1.807, 2.05) is 41.1 Å². The van der Waals surface area contributed by atoms with Crippen molar-refractivity contribution in [2.45, 2.75) is 43.6 Å². The van der Waals surface area contributed by atoms with Gasteiger partial charge in [0.1, 0.15) is 18.2 Å². The van der Waals surface area contributed by atoms with Crippen LogP contribution in [0.5, 0.6) is 5.75 Å². The number of para-hydroxylation sites is 1. The number of anilines is 1. The lowest BCUT2D eigenvalue weighted by Crippen LogP contribution is -2.40. The lowest BCUT2D eigenvalue weighted by atomic mass is 9.65. The number of fused-ring (bicyclic) bond motifs is 2. The fraction of sp³-hybridized carbons (Fsp3) is 0.400. The Kier molecular flexibility index (Phi) is 4.54. The Morgan fingerprint density at radius 2 is 1.91 bits per heavy atom.